The molecule has 3 nitrogen and oxygen atoms in total. The van der Waals surface area contributed by atoms with Gasteiger partial charge in [-0.2, -0.15) is 0 Å². The maximum Gasteiger partial charge on any atom is 0.137 e. The molecule has 2 unspecified atom stereocenters. The average molecular weight is 242 g/mol. The van der Waals surface area contributed by atoms with Crippen molar-refractivity contribution in [1.29, 1.82) is 0 Å². The second-order valence-electron chi connectivity index (χ2n) is 4.04. The van der Waals surface area contributed by atoms with Crippen molar-refractivity contribution >= 4 is 11.6 Å². The van der Waals surface area contributed by atoms with Gasteiger partial charge in [0.15, 0.2) is 0 Å². The zero-order valence-electron chi connectivity index (χ0n) is 9.28. The monoisotopic (exact) mass is 241 g/mol. The van der Waals surface area contributed by atoms with Crippen LogP contribution in [-0.4, -0.2) is 20.3 Å². The van der Waals surface area contributed by atoms with Crippen LogP contribution in [0.1, 0.15) is 18.0 Å². The SMILES string of the molecule is COc1ccc(C(N)C2CCOC2)cc1Cl. The lowest BCUT2D eigenvalue weighted by Gasteiger charge is -2.18. The summed E-state index contributed by atoms with van der Waals surface area (Å²) >= 11 is 6.07. The molecule has 1 aromatic carbocycles. The second-order valence-corrected chi connectivity index (χ2v) is 4.45. The predicted molar refractivity (Wildman–Crippen MR) is 63.9 cm³/mol. The Morgan fingerprint density at radius 1 is 1.56 bits per heavy atom. The first kappa shape index (κ1) is 11.7. The smallest absolute Gasteiger partial charge is 0.137 e. The first-order chi connectivity index (χ1) is 7.72. The van der Waals surface area contributed by atoms with Gasteiger partial charge < -0.3 is 15.2 Å². The van der Waals surface area contributed by atoms with Gasteiger partial charge in [0.2, 0.25) is 0 Å². The van der Waals surface area contributed by atoms with Gasteiger partial charge in [0.1, 0.15) is 5.75 Å². The summed E-state index contributed by atoms with van der Waals surface area (Å²) in [7, 11) is 1.60. The molecule has 88 valence electrons. The molecule has 2 rings (SSSR count). The fourth-order valence-electron chi connectivity index (χ4n) is 2.00. The van der Waals surface area contributed by atoms with Gasteiger partial charge in [-0.15, -0.1) is 0 Å². The molecule has 16 heavy (non-hydrogen) atoms. The topological polar surface area (TPSA) is 44.5 Å². The van der Waals surface area contributed by atoms with Gasteiger partial charge in [0, 0.05) is 18.6 Å². The third-order valence-electron chi connectivity index (χ3n) is 3.03. The standard InChI is InChI=1S/C12H16ClNO2/c1-15-11-3-2-8(6-10(11)13)12(14)9-4-5-16-7-9/h2-3,6,9,12H,4-5,7,14H2,1H3. The predicted octanol–water partition coefficient (Wildman–Crippen LogP) is 2.38. The van der Waals surface area contributed by atoms with Gasteiger partial charge in [-0.25, -0.2) is 0 Å². The largest absolute Gasteiger partial charge is 0.495 e. The highest BCUT2D eigenvalue weighted by molar-refractivity contribution is 6.32. The van der Waals surface area contributed by atoms with Crippen molar-refractivity contribution in [3.63, 3.8) is 0 Å². The van der Waals surface area contributed by atoms with E-state index in [1.807, 2.05) is 18.2 Å². The average Bonchev–Trinajstić information content (AvgIpc) is 2.81. The summed E-state index contributed by atoms with van der Waals surface area (Å²) in [4.78, 5) is 0. The van der Waals surface area contributed by atoms with Gasteiger partial charge >= 0.3 is 0 Å². The third kappa shape index (κ3) is 2.32. The van der Waals surface area contributed by atoms with Crippen molar-refractivity contribution in [2.45, 2.75) is 12.5 Å². The van der Waals surface area contributed by atoms with Crippen LogP contribution < -0.4 is 10.5 Å². The van der Waals surface area contributed by atoms with E-state index in [0.29, 0.717) is 16.7 Å². The van der Waals surface area contributed by atoms with Gasteiger partial charge in [-0.3, -0.25) is 0 Å². The lowest BCUT2D eigenvalue weighted by Crippen LogP contribution is -2.21. The molecule has 1 saturated heterocycles. The van der Waals surface area contributed by atoms with Gasteiger partial charge in [0.05, 0.1) is 18.7 Å². The van der Waals surface area contributed by atoms with Crippen molar-refractivity contribution in [3.05, 3.63) is 28.8 Å². The number of hydrogen-bond acceptors (Lipinski definition) is 3. The van der Waals surface area contributed by atoms with Crippen molar-refractivity contribution in [2.75, 3.05) is 20.3 Å². The Labute approximate surface area is 100 Å². The molecule has 2 atom stereocenters. The highest BCUT2D eigenvalue weighted by Gasteiger charge is 2.24. The minimum Gasteiger partial charge on any atom is -0.495 e. The summed E-state index contributed by atoms with van der Waals surface area (Å²) in [6.07, 6.45) is 1.02. The molecule has 1 aliphatic rings. The summed E-state index contributed by atoms with van der Waals surface area (Å²) in [5.41, 5.74) is 7.22. The molecule has 0 spiro atoms. The number of benzene rings is 1. The summed E-state index contributed by atoms with van der Waals surface area (Å²) in [6.45, 7) is 1.55. The lowest BCUT2D eigenvalue weighted by atomic mass is 9.93. The van der Waals surface area contributed by atoms with Crippen LogP contribution in [0.5, 0.6) is 5.75 Å². The Morgan fingerprint density at radius 2 is 2.38 bits per heavy atom. The molecule has 1 aromatic rings. The van der Waals surface area contributed by atoms with Gasteiger partial charge in [-0.05, 0) is 24.1 Å². The number of ether oxygens (including phenoxy) is 2. The molecular formula is C12H16ClNO2. The first-order valence-electron chi connectivity index (χ1n) is 5.39. The summed E-state index contributed by atoms with van der Waals surface area (Å²) in [5, 5.41) is 0.606. The van der Waals surface area contributed by atoms with Crippen LogP contribution in [0, 0.1) is 5.92 Å². The third-order valence-corrected chi connectivity index (χ3v) is 3.33. The summed E-state index contributed by atoms with van der Waals surface area (Å²) < 4.78 is 10.4. The van der Waals surface area contributed by atoms with E-state index in [2.05, 4.69) is 0 Å². The van der Waals surface area contributed by atoms with Crippen molar-refractivity contribution in [3.8, 4) is 5.75 Å². The molecule has 1 fully saturated rings. The maximum atomic E-state index is 6.18. The molecule has 2 N–H and O–H groups in total. The van der Waals surface area contributed by atoms with E-state index in [4.69, 9.17) is 26.8 Å². The minimum absolute atomic E-state index is 0.00842. The summed E-state index contributed by atoms with van der Waals surface area (Å²) in [6, 6.07) is 5.69. The lowest BCUT2D eigenvalue weighted by molar-refractivity contribution is 0.181. The number of methoxy groups -OCH3 is 1. The molecule has 0 aromatic heterocycles. The van der Waals surface area contributed by atoms with Crippen molar-refractivity contribution < 1.29 is 9.47 Å². The quantitative estimate of drug-likeness (QED) is 0.884. The Kier molecular flexibility index (Phi) is 3.69. The molecule has 0 amide bonds. The van der Waals surface area contributed by atoms with E-state index in [9.17, 15) is 0 Å². The molecule has 1 aliphatic heterocycles. The fourth-order valence-corrected chi connectivity index (χ4v) is 2.26. The number of nitrogens with two attached hydrogens (primary N) is 1. The fraction of sp³-hybridized carbons (Fsp3) is 0.500. The van der Waals surface area contributed by atoms with Crippen LogP contribution in [-0.2, 0) is 4.74 Å². The van der Waals surface area contributed by atoms with Crippen LogP contribution in [0.4, 0.5) is 0 Å². The van der Waals surface area contributed by atoms with Gasteiger partial charge in [-0.1, -0.05) is 17.7 Å². The van der Waals surface area contributed by atoms with E-state index in [1.54, 1.807) is 7.11 Å². The molecule has 0 radical (unpaired) electrons. The van der Waals surface area contributed by atoms with Crippen LogP contribution in [0.2, 0.25) is 5.02 Å². The zero-order valence-corrected chi connectivity index (χ0v) is 10.0. The zero-order chi connectivity index (χ0) is 11.5. The Balaban J connectivity index is 2.16. The molecule has 4 heteroatoms. The van der Waals surface area contributed by atoms with Gasteiger partial charge in [0.25, 0.3) is 0 Å². The molecular weight excluding hydrogens is 226 g/mol. The number of halogens is 1. The van der Waals surface area contributed by atoms with E-state index < -0.39 is 0 Å². The van der Waals surface area contributed by atoms with E-state index in [0.717, 1.165) is 25.2 Å². The number of rotatable bonds is 3. The second kappa shape index (κ2) is 5.04. The van der Waals surface area contributed by atoms with Crippen LogP contribution in [0.25, 0.3) is 0 Å². The maximum absolute atomic E-state index is 6.18. The number of hydrogen-bond donors (Lipinski definition) is 1. The first-order valence-corrected chi connectivity index (χ1v) is 5.77. The van der Waals surface area contributed by atoms with Crippen LogP contribution in [0.15, 0.2) is 18.2 Å². The Hall–Kier alpha value is -0.770. The normalized spacial score (nSPS) is 22.1. The van der Waals surface area contributed by atoms with Crippen molar-refractivity contribution in [1.82, 2.24) is 0 Å². The molecule has 0 saturated carbocycles. The molecule has 0 bridgehead atoms. The minimum atomic E-state index is -0.00842. The van der Waals surface area contributed by atoms with Crippen LogP contribution in [0.3, 0.4) is 0 Å². The van der Waals surface area contributed by atoms with E-state index in [1.165, 1.54) is 0 Å². The van der Waals surface area contributed by atoms with E-state index >= 15 is 0 Å². The highest BCUT2D eigenvalue weighted by atomic mass is 35.5. The van der Waals surface area contributed by atoms with Crippen LogP contribution >= 0.6 is 11.6 Å². The highest BCUT2D eigenvalue weighted by Crippen LogP contribution is 2.31. The molecule has 0 aliphatic carbocycles. The summed E-state index contributed by atoms with van der Waals surface area (Å²) in [5.74, 6) is 1.07. The van der Waals surface area contributed by atoms with Crippen molar-refractivity contribution in [2.24, 2.45) is 11.7 Å². The Morgan fingerprint density at radius 3 is 2.94 bits per heavy atom. The Bertz CT molecular complexity index is 364. The molecule has 1 heterocycles. The van der Waals surface area contributed by atoms with E-state index in [-0.39, 0.29) is 6.04 Å².